The fourth-order valence-electron chi connectivity index (χ4n) is 1.58. The number of anilines is 1. The maximum Gasteiger partial charge on any atom is 0.262 e. The molecule has 0 aliphatic rings. The van der Waals surface area contributed by atoms with Crippen LogP contribution < -0.4 is 10.1 Å². The van der Waals surface area contributed by atoms with Gasteiger partial charge in [0, 0.05) is 9.26 Å². The van der Waals surface area contributed by atoms with Gasteiger partial charge in [-0.25, -0.2) is 0 Å². The zero-order chi connectivity index (χ0) is 17.1. The van der Waals surface area contributed by atoms with Gasteiger partial charge < -0.3 is 10.1 Å². The Morgan fingerprint density at radius 3 is 1.91 bits per heavy atom. The summed E-state index contributed by atoms with van der Waals surface area (Å²) in [7, 11) is 0. The fourth-order valence-corrected chi connectivity index (χ4v) is 3.17. The van der Waals surface area contributed by atoms with Gasteiger partial charge in [-0.1, -0.05) is 58.0 Å². The third-order valence-electron chi connectivity index (χ3n) is 2.65. The predicted octanol–water partition coefficient (Wildman–Crippen LogP) is 6.58. The summed E-state index contributed by atoms with van der Waals surface area (Å²) in [6.07, 6.45) is 0. The number of carbonyl (C=O) groups excluding carboxylic acids is 1. The summed E-state index contributed by atoms with van der Waals surface area (Å²) in [6, 6.07) is 7.28. The zero-order valence-corrected chi connectivity index (χ0v) is 17.0. The van der Waals surface area contributed by atoms with E-state index in [0.717, 1.165) is 3.57 Å². The molecule has 0 aliphatic heterocycles. The van der Waals surface area contributed by atoms with Crippen LogP contribution in [0.15, 0.2) is 24.3 Å². The molecule has 2 aromatic carbocycles. The first-order valence-electron chi connectivity index (χ1n) is 6.01. The van der Waals surface area contributed by atoms with E-state index in [0.29, 0.717) is 5.69 Å². The van der Waals surface area contributed by atoms with Crippen molar-refractivity contribution in [3.05, 3.63) is 52.9 Å². The van der Waals surface area contributed by atoms with Crippen LogP contribution >= 0.6 is 80.6 Å². The second-order valence-electron chi connectivity index (χ2n) is 4.24. The van der Waals surface area contributed by atoms with E-state index in [9.17, 15) is 4.79 Å². The number of benzene rings is 2. The minimum absolute atomic E-state index is 0.00509. The molecule has 0 aliphatic carbocycles. The number of hydrogen-bond donors (Lipinski definition) is 1. The summed E-state index contributed by atoms with van der Waals surface area (Å²) in [6.45, 7) is -0.320. The highest BCUT2D eigenvalue weighted by molar-refractivity contribution is 14.1. The summed E-state index contributed by atoms with van der Waals surface area (Å²) >= 11 is 31.9. The van der Waals surface area contributed by atoms with E-state index in [4.69, 9.17) is 62.7 Å². The van der Waals surface area contributed by atoms with Gasteiger partial charge in [0.2, 0.25) is 0 Å². The lowest BCUT2D eigenvalue weighted by Gasteiger charge is -2.13. The summed E-state index contributed by atoms with van der Waals surface area (Å²) in [4.78, 5) is 11.9. The first-order valence-corrected chi connectivity index (χ1v) is 8.97. The second kappa shape index (κ2) is 8.32. The zero-order valence-electron chi connectivity index (χ0n) is 11.1. The summed E-state index contributed by atoms with van der Waals surface area (Å²) in [5.41, 5.74) is 0.642. The van der Waals surface area contributed by atoms with Gasteiger partial charge in [-0.3, -0.25) is 4.79 Å². The molecular formula is C14H7Cl5INO2. The van der Waals surface area contributed by atoms with Crippen molar-refractivity contribution in [2.75, 3.05) is 11.9 Å². The Kier molecular flexibility index (Phi) is 6.95. The fraction of sp³-hybridized carbons (Fsp3) is 0.0714. The molecule has 1 amide bonds. The van der Waals surface area contributed by atoms with E-state index < -0.39 is 0 Å². The average Bonchev–Trinajstić information content (AvgIpc) is 2.53. The number of ether oxygens (including phenoxy) is 1. The largest absolute Gasteiger partial charge is 0.481 e. The Morgan fingerprint density at radius 1 is 0.913 bits per heavy atom. The molecule has 0 fully saturated rings. The smallest absolute Gasteiger partial charge is 0.262 e. The Balaban J connectivity index is 2.09. The minimum atomic E-state index is -0.388. The number of amides is 1. The molecule has 0 heterocycles. The highest BCUT2D eigenvalue weighted by Crippen LogP contribution is 2.48. The minimum Gasteiger partial charge on any atom is -0.481 e. The van der Waals surface area contributed by atoms with Crippen molar-refractivity contribution in [3.63, 3.8) is 0 Å². The Bertz CT molecular complexity index is 723. The molecule has 0 spiro atoms. The van der Waals surface area contributed by atoms with E-state index in [1.165, 1.54) is 0 Å². The van der Waals surface area contributed by atoms with Crippen molar-refractivity contribution >= 4 is 92.2 Å². The summed E-state index contributed by atoms with van der Waals surface area (Å²) < 4.78 is 6.39. The maximum atomic E-state index is 11.9. The van der Waals surface area contributed by atoms with Crippen molar-refractivity contribution in [2.45, 2.75) is 0 Å². The van der Waals surface area contributed by atoms with Crippen molar-refractivity contribution < 1.29 is 9.53 Å². The van der Waals surface area contributed by atoms with E-state index in [1.54, 1.807) is 12.1 Å². The molecule has 0 aromatic heterocycles. The lowest BCUT2D eigenvalue weighted by Crippen LogP contribution is -2.20. The molecule has 122 valence electrons. The third kappa shape index (κ3) is 4.71. The number of nitrogens with one attached hydrogen (secondary N) is 1. The van der Waals surface area contributed by atoms with E-state index >= 15 is 0 Å². The van der Waals surface area contributed by atoms with Gasteiger partial charge in [0.25, 0.3) is 5.91 Å². The molecule has 3 nitrogen and oxygen atoms in total. The van der Waals surface area contributed by atoms with E-state index in [-0.39, 0.29) is 43.4 Å². The molecule has 2 aromatic rings. The van der Waals surface area contributed by atoms with Crippen molar-refractivity contribution in [1.29, 1.82) is 0 Å². The van der Waals surface area contributed by atoms with Crippen LogP contribution in [0.3, 0.4) is 0 Å². The number of hydrogen-bond acceptors (Lipinski definition) is 2. The molecular weight excluding hydrogens is 518 g/mol. The van der Waals surface area contributed by atoms with Gasteiger partial charge in [0.1, 0.15) is 10.0 Å². The lowest BCUT2D eigenvalue weighted by atomic mass is 10.3. The van der Waals surface area contributed by atoms with Gasteiger partial charge in [0.15, 0.2) is 12.4 Å². The van der Waals surface area contributed by atoms with Gasteiger partial charge in [-0.15, -0.1) is 0 Å². The average molecular weight is 525 g/mol. The SMILES string of the molecule is O=C(COc1c(Cl)c(Cl)c(Cl)c(Cl)c1Cl)Nc1ccc(I)cc1. The van der Waals surface area contributed by atoms with Crippen LogP contribution in [0.5, 0.6) is 5.75 Å². The van der Waals surface area contributed by atoms with Gasteiger partial charge >= 0.3 is 0 Å². The third-order valence-corrected chi connectivity index (χ3v) is 5.61. The molecule has 0 atom stereocenters. The van der Waals surface area contributed by atoms with E-state index in [2.05, 4.69) is 27.9 Å². The Morgan fingerprint density at radius 2 is 1.39 bits per heavy atom. The first-order chi connectivity index (χ1) is 10.8. The van der Waals surface area contributed by atoms with Crippen LogP contribution in [0.4, 0.5) is 5.69 Å². The van der Waals surface area contributed by atoms with Crippen LogP contribution in [0.2, 0.25) is 25.1 Å². The molecule has 0 bridgehead atoms. The lowest BCUT2D eigenvalue weighted by molar-refractivity contribution is -0.118. The molecule has 0 radical (unpaired) electrons. The molecule has 0 saturated carbocycles. The Hall–Kier alpha value is -0.110. The normalized spacial score (nSPS) is 10.5. The van der Waals surface area contributed by atoms with Gasteiger partial charge in [0.05, 0.1) is 15.1 Å². The van der Waals surface area contributed by atoms with Crippen LogP contribution in [-0.4, -0.2) is 12.5 Å². The summed E-state index contributed by atoms with van der Waals surface area (Å²) in [5.74, 6) is -0.383. The van der Waals surface area contributed by atoms with E-state index in [1.807, 2.05) is 12.1 Å². The van der Waals surface area contributed by atoms with Crippen LogP contribution in [0, 0.1) is 3.57 Å². The standard InChI is InChI=1S/C14H7Cl5INO2/c15-9-10(16)12(18)14(13(19)11(9)17)23-5-8(22)21-7-3-1-6(20)2-4-7/h1-4H,5H2,(H,21,22). The molecule has 0 unspecified atom stereocenters. The molecule has 2 rings (SSSR count). The van der Waals surface area contributed by atoms with Gasteiger partial charge in [-0.2, -0.15) is 0 Å². The molecule has 9 heteroatoms. The van der Waals surface area contributed by atoms with Crippen LogP contribution in [0.1, 0.15) is 0 Å². The van der Waals surface area contributed by atoms with Crippen molar-refractivity contribution in [2.24, 2.45) is 0 Å². The molecule has 23 heavy (non-hydrogen) atoms. The maximum absolute atomic E-state index is 11.9. The second-order valence-corrected chi connectivity index (χ2v) is 7.38. The van der Waals surface area contributed by atoms with Crippen molar-refractivity contribution in [3.8, 4) is 5.75 Å². The van der Waals surface area contributed by atoms with Crippen LogP contribution in [-0.2, 0) is 4.79 Å². The van der Waals surface area contributed by atoms with Crippen LogP contribution in [0.25, 0.3) is 0 Å². The number of halogens is 6. The first kappa shape index (κ1) is 19.2. The monoisotopic (exact) mass is 523 g/mol. The highest BCUT2D eigenvalue weighted by Gasteiger charge is 2.21. The topological polar surface area (TPSA) is 38.3 Å². The van der Waals surface area contributed by atoms with Crippen molar-refractivity contribution in [1.82, 2.24) is 0 Å². The number of rotatable bonds is 4. The van der Waals surface area contributed by atoms with Gasteiger partial charge in [-0.05, 0) is 46.9 Å². The predicted molar refractivity (Wildman–Crippen MR) is 105 cm³/mol. The molecule has 1 N–H and O–H groups in total. The summed E-state index contributed by atoms with van der Waals surface area (Å²) in [5, 5.41) is 2.71. The molecule has 0 saturated heterocycles. The Labute approximate surface area is 171 Å². The number of carbonyl (C=O) groups is 1. The highest BCUT2D eigenvalue weighted by atomic mass is 127. The quantitative estimate of drug-likeness (QED) is 0.279.